The highest BCUT2D eigenvalue weighted by atomic mass is 16.5. The van der Waals surface area contributed by atoms with Crippen molar-refractivity contribution in [2.24, 2.45) is 0 Å². The van der Waals surface area contributed by atoms with Gasteiger partial charge in [0, 0.05) is 23.9 Å². The van der Waals surface area contributed by atoms with Gasteiger partial charge >= 0.3 is 5.97 Å². The van der Waals surface area contributed by atoms with Crippen LogP contribution in [0.1, 0.15) is 22.8 Å². The number of hydrogen-bond donors (Lipinski definition) is 1. The number of nitrogens with one attached hydrogen (secondary N) is 1. The van der Waals surface area contributed by atoms with Gasteiger partial charge in [0.25, 0.3) is 5.91 Å². The first-order valence-electron chi connectivity index (χ1n) is 8.41. The summed E-state index contributed by atoms with van der Waals surface area (Å²) in [7, 11) is 3.06. The van der Waals surface area contributed by atoms with Crippen LogP contribution in [0.15, 0.2) is 36.4 Å². The van der Waals surface area contributed by atoms with Crippen molar-refractivity contribution in [2.75, 3.05) is 32.8 Å². The van der Waals surface area contributed by atoms with Crippen LogP contribution in [0.25, 0.3) is 0 Å². The number of ether oxygens (including phenoxy) is 4. The Hall–Kier alpha value is -3.22. The van der Waals surface area contributed by atoms with E-state index < -0.39 is 5.97 Å². The van der Waals surface area contributed by atoms with Crippen molar-refractivity contribution >= 4 is 17.6 Å². The maximum absolute atomic E-state index is 12.2. The number of hydrogen-bond acceptors (Lipinski definition) is 6. The maximum atomic E-state index is 12.2. The molecule has 2 aromatic rings. The van der Waals surface area contributed by atoms with E-state index >= 15 is 0 Å². The van der Waals surface area contributed by atoms with Crippen molar-refractivity contribution in [3.8, 4) is 17.2 Å². The van der Waals surface area contributed by atoms with E-state index in [0.717, 1.165) is 0 Å². The smallest absolute Gasteiger partial charge is 0.338 e. The van der Waals surface area contributed by atoms with Crippen LogP contribution in [-0.2, 0) is 9.53 Å². The maximum Gasteiger partial charge on any atom is 0.338 e. The van der Waals surface area contributed by atoms with Crippen molar-refractivity contribution in [2.45, 2.75) is 13.8 Å². The Labute approximate surface area is 158 Å². The summed E-state index contributed by atoms with van der Waals surface area (Å²) >= 11 is 0. The van der Waals surface area contributed by atoms with Crippen LogP contribution in [-0.4, -0.2) is 39.3 Å². The van der Waals surface area contributed by atoms with Gasteiger partial charge in [-0.05, 0) is 31.5 Å². The number of methoxy groups -OCH3 is 2. The molecule has 1 N–H and O–H groups in total. The molecule has 0 radical (unpaired) electrons. The molecule has 2 aromatic carbocycles. The molecular formula is C20H23NO6. The molecule has 0 bridgehead atoms. The second-order valence-corrected chi connectivity index (χ2v) is 5.58. The number of rotatable bonds is 8. The first-order valence-corrected chi connectivity index (χ1v) is 8.41. The van der Waals surface area contributed by atoms with Crippen molar-refractivity contribution in [1.82, 2.24) is 0 Å². The molecule has 0 aromatic heterocycles. The summed E-state index contributed by atoms with van der Waals surface area (Å²) in [6.07, 6.45) is 0. The molecular weight excluding hydrogens is 350 g/mol. The topological polar surface area (TPSA) is 83.1 Å². The molecule has 0 unspecified atom stereocenters. The second kappa shape index (κ2) is 9.47. The highest BCUT2D eigenvalue weighted by Gasteiger charge is 2.14. The van der Waals surface area contributed by atoms with Crippen LogP contribution in [0, 0.1) is 6.92 Å². The largest absolute Gasteiger partial charge is 0.496 e. The predicted molar refractivity (Wildman–Crippen MR) is 101 cm³/mol. The minimum absolute atomic E-state index is 0.209. The molecule has 2 rings (SSSR count). The third-order valence-electron chi connectivity index (χ3n) is 3.80. The number of anilines is 1. The molecule has 0 aliphatic rings. The lowest BCUT2D eigenvalue weighted by Crippen LogP contribution is -2.21. The SMILES string of the molecule is CCOC(=O)c1cccc(NC(=O)COc2cc(OC)cc(OC)c2)c1C. The lowest BCUT2D eigenvalue weighted by molar-refractivity contribution is -0.118. The van der Waals surface area contributed by atoms with Crippen LogP contribution >= 0.6 is 0 Å². The van der Waals surface area contributed by atoms with Gasteiger partial charge in [-0.2, -0.15) is 0 Å². The van der Waals surface area contributed by atoms with Gasteiger partial charge < -0.3 is 24.3 Å². The molecule has 144 valence electrons. The van der Waals surface area contributed by atoms with Crippen molar-refractivity contribution in [3.05, 3.63) is 47.5 Å². The average molecular weight is 373 g/mol. The summed E-state index contributed by atoms with van der Waals surface area (Å²) in [5, 5.41) is 2.74. The normalized spacial score (nSPS) is 10.1. The van der Waals surface area contributed by atoms with Crippen LogP contribution in [0.2, 0.25) is 0 Å². The average Bonchev–Trinajstić information content (AvgIpc) is 2.67. The summed E-state index contributed by atoms with van der Waals surface area (Å²) in [6, 6.07) is 10.1. The first-order chi connectivity index (χ1) is 13.0. The molecule has 0 aliphatic heterocycles. The van der Waals surface area contributed by atoms with E-state index in [2.05, 4.69) is 5.32 Å². The number of carbonyl (C=O) groups is 2. The fraction of sp³-hybridized carbons (Fsp3) is 0.300. The van der Waals surface area contributed by atoms with Gasteiger partial charge in [-0.3, -0.25) is 4.79 Å². The first kappa shape index (κ1) is 20.1. The van der Waals surface area contributed by atoms with E-state index in [1.807, 2.05) is 0 Å². The number of benzene rings is 2. The van der Waals surface area contributed by atoms with Crippen LogP contribution in [0.5, 0.6) is 17.2 Å². The van der Waals surface area contributed by atoms with Gasteiger partial charge in [-0.15, -0.1) is 0 Å². The van der Waals surface area contributed by atoms with E-state index in [0.29, 0.717) is 34.1 Å². The Balaban J connectivity index is 2.04. The zero-order chi connectivity index (χ0) is 19.8. The molecule has 0 saturated heterocycles. The lowest BCUT2D eigenvalue weighted by Gasteiger charge is -2.13. The molecule has 0 saturated carbocycles. The monoisotopic (exact) mass is 373 g/mol. The molecule has 0 fully saturated rings. The molecule has 1 amide bonds. The lowest BCUT2D eigenvalue weighted by atomic mass is 10.1. The zero-order valence-electron chi connectivity index (χ0n) is 15.8. The fourth-order valence-electron chi connectivity index (χ4n) is 2.40. The summed E-state index contributed by atoms with van der Waals surface area (Å²) < 4.78 is 20.9. The van der Waals surface area contributed by atoms with E-state index in [9.17, 15) is 9.59 Å². The second-order valence-electron chi connectivity index (χ2n) is 5.58. The third-order valence-corrected chi connectivity index (χ3v) is 3.80. The fourth-order valence-corrected chi connectivity index (χ4v) is 2.40. The van der Waals surface area contributed by atoms with E-state index in [1.165, 1.54) is 14.2 Å². The summed E-state index contributed by atoms with van der Waals surface area (Å²) in [5.74, 6) is 0.774. The molecule has 0 spiro atoms. The van der Waals surface area contributed by atoms with Gasteiger partial charge in [0.15, 0.2) is 6.61 Å². The molecule has 0 atom stereocenters. The number of esters is 1. The molecule has 7 heteroatoms. The van der Waals surface area contributed by atoms with Gasteiger partial charge in [-0.25, -0.2) is 4.79 Å². The van der Waals surface area contributed by atoms with E-state index in [4.69, 9.17) is 18.9 Å². The quantitative estimate of drug-likeness (QED) is 0.716. The molecule has 27 heavy (non-hydrogen) atoms. The van der Waals surface area contributed by atoms with Gasteiger partial charge in [-0.1, -0.05) is 6.07 Å². The Morgan fingerprint density at radius 2 is 1.63 bits per heavy atom. The van der Waals surface area contributed by atoms with Gasteiger partial charge in [0.1, 0.15) is 17.2 Å². The van der Waals surface area contributed by atoms with E-state index in [-0.39, 0.29) is 19.1 Å². The standard InChI is InChI=1S/C20H23NO6/c1-5-26-20(23)17-7-6-8-18(13(17)2)21-19(22)12-27-16-10-14(24-3)9-15(11-16)25-4/h6-11H,5,12H2,1-4H3,(H,21,22). The number of carbonyl (C=O) groups excluding carboxylic acids is 2. The highest BCUT2D eigenvalue weighted by Crippen LogP contribution is 2.27. The zero-order valence-corrected chi connectivity index (χ0v) is 15.8. The predicted octanol–water partition coefficient (Wildman–Crippen LogP) is 3.21. The molecule has 0 heterocycles. The number of amides is 1. The minimum atomic E-state index is -0.425. The van der Waals surface area contributed by atoms with Crippen LogP contribution in [0.3, 0.4) is 0 Å². The summed E-state index contributed by atoms with van der Waals surface area (Å²) in [4.78, 5) is 24.2. The molecule has 7 nitrogen and oxygen atoms in total. The Morgan fingerprint density at radius 1 is 1.00 bits per heavy atom. The summed E-state index contributed by atoms with van der Waals surface area (Å²) in [5.41, 5.74) is 1.57. The van der Waals surface area contributed by atoms with E-state index in [1.54, 1.807) is 50.2 Å². The van der Waals surface area contributed by atoms with Crippen molar-refractivity contribution < 1.29 is 28.5 Å². The van der Waals surface area contributed by atoms with Crippen molar-refractivity contribution in [1.29, 1.82) is 0 Å². The van der Waals surface area contributed by atoms with Gasteiger partial charge in [0.2, 0.25) is 0 Å². The third kappa shape index (κ3) is 5.37. The molecule has 0 aliphatic carbocycles. The Bertz CT molecular complexity index is 796. The van der Waals surface area contributed by atoms with Crippen LogP contribution < -0.4 is 19.5 Å². The summed E-state index contributed by atoms with van der Waals surface area (Å²) in [6.45, 7) is 3.56. The Kier molecular flexibility index (Phi) is 7.05. The van der Waals surface area contributed by atoms with Gasteiger partial charge in [0.05, 0.1) is 26.4 Å². The van der Waals surface area contributed by atoms with Crippen molar-refractivity contribution in [3.63, 3.8) is 0 Å². The Morgan fingerprint density at radius 3 is 2.22 bits per heavy atom. The highest BCUT2D eigenvalue weighted by molar-refractivity contribution is 5.97. The minimum Gasteiger partial charge on any atom is -0.496 e. The van der Waals surface area contributed by atoms with Crippen LogP contribution in [0.4, 0.5) is 5.69 Å².